The molecule has 0 radical (unpaired) electrons. The molecule has 4 aromatic carbocycles. The Kier molecular flexibility index (Phi) is 11.1. The molecule has 0 spiro atoms. The summed E-state index contributed by atoms with van der Waals surface area (Å²) in [4.78, 5) is 35.5. The zero-order valence-electron chi connectivity index (χ0n) is 35.2. The molecule has 3 N–H and O–H groups in total. The number of rotatable bonds is 11. The molecule has 1 aliphatic rings. The maximum Gasteiger partial charge on any atom is 0.308 e. The number of aryl methyl sites for hydroxylation is 4. The van der Waals surface area contributed by atoms with Crippen LogP contribution in [0.4, 0.5) is 5.69 Å². The Labute approximate surface area is 363 Å². The smallest absolute Gasteiger partial charge is 0.308 e. The molecule has 3 aromatic heterocycles. The molecule has 0 saturated carbocycles. The molecule has 0 saturated heterocycles. The summed E-state index contributed by atoms with van der Waals surface area (Å²) in [5.74, 6) is 0.668. The molecule has 0 fully saturated rings. The number of nitrogens with one attached hydrogen (secondary N) is 3. The quantitative estimate of drug-likeness (QED) is 0.108. The maximum absolute atomic E-state index is 13.6. The van der Waals surface area contributed by atoms with Gasteiger partial charge in [0.05, 0.1) is 46.9 Å². The number of nitrogens with zero attached hydrogens (tertiary/aromatic N) is 5. The van der Waals surface area contributed by atoms with Crippen molar-refractivity contribution in [3.63, 3.8) is 0 Å². The Balaban J connectivity index is 0.977. The first-order valence-corrected chi connectivity index (χ1v) is 22.4. The summed E-state index contributed by atoms with van der Waals surface area (Å²) in [5, 5.41) is 23.1. The van der Waals surface area contributed by atoms with Gasteiger partial charge in [0.25, 0.3) is 15.9 Å². The molecule has 1 amide bonds. The highest BCUT2D eigenvalue weighted by Gasteiger charge is 2.33. The fraction of sp³-hybridized carbons (Fsp3) is 0.234. The molecule has 4 heterocycles. The number of carbonyl (C=O) groups is 2. The molecule has 7 aromatic rings. The third kappa shape index (κ3) is 7.56. The molecular weight excluding hydrogens is 821 g/mol. The number of carbonyl (C=O) groups excluding carboxylic acids is 2. The van der Waals surface area contributed by atoms with E-state index in [0.29, 0.717) is 45.8 Å². The average molecular weight is 865 g/mol. The lowest BCUT2D eigenvalue weighted by Crippen LogP contribution is -2.27. The number of fused-ring (bicyclic) bond motifs is 4. The van der Waals surface area contributed by atoms with Crippen molar-refractivity contribution in [1.29, 1.82) is 5.26 Å². The lowest BCUT2D eigenvalue weighted by molar-refractivity contribution is -0.141. The van der Waals surface area contributed by atoms with Crippen LogP contribution in [0.5, 0.6) is 0 Å². The van der Waals surface area contributed by atoms with E-state index in [0.717, 1.165) is 60.1 Å². The molecule has 1 aliphatic heterocycles. The number of sulfonamides is 1. The van der Waals surface area contributed by atoms with Gasteiger partial charge >= 0.3 is 5.97 Å². The van der Waals surface area contributed by atoms with Gasteiger partial charge in [-0.2, -0.15) is 5.26 Å². The van der Waals surface area contributed by atoms with Crippen LogP contribution in [0.2, 0.25) is 0 Å². The molecule has 0 unspecified atom stereocenters. The second-order valence-corrected chi connectivity index (χ2v) is 18.2. The highest BCUT2D eigenvalue weighted by molar-refractivity contribution is 7.92. The number of aromatic amines is 1. The average Bonchev–Trinajstić information content (AvgIpc) is 3.94. The van der Waals surface area contributed by atoms with Crippen LogP contribution in [0, 0.1) is 39.0 Å². The number of anilines is 1. The van der Waals surface area contributed by atoms with Crippen molar-refractivity contribution in [3.8, 4) is 22.2 Å². The minimum Gasteiger partial charge on any atom is -0.469 e. The molecule has 314 valence electrons. The lowest BCUT2D eigenvalue weighted by atomic mass is 9.95. The SMILES string of the molecule is CCc1ccc(NS(=O)(=O)c2ccc([C@@H](C)NC(=O)c3ccc(-c4ccc(C5=N[C@@H](CC(=O)OC)c6nnc(C)n6-c6sc(C)c(C)c65)cc4)cc3C)cc2)c2[nH]cc(C#N)c12. The zero-order chi connectivity index (χ0) is 44.0. The molecule has 15 heteroatoms. The number of benzene rings is 4. The van der Waals surface area contributed by atoms with E-state index in [2.05, 4.69) is 45.1 Å². The van der Waals surface area contributed by atoms with Crippen molar-refractivity contribution in [2.45, 2.75) is 71.4 Å². The van der Waals surface area contributed by atoms with Gasteiger partial charge in [-0.05, 0) is 98.7 Å². The number of aliphatic imine (C=N–C) groups is 1. The van der Waals surface area contributed by atoms with Gasteiger partial charge in [-0.25, -0.2) is 8.42 Å². The number of thiophene rings is 1. The number of esters is 1. The van der Waals surface area contributed by atoms with E-state index in [9.17, 15) is 23.3 Å². The van der Waals surface area contributed by atoms with E-state index in [1.54, 1.807) is 35.7 Å². The Morgan fingerprint density at radius 2 is 1.68 bits per heavy atom. The first-order chi connectivity index (χ1) is 29.7. The molecule has 0 bridgehead atoms. The second kappa shape index (κ2) is 16.5. The minimum atomic E-state index is -3.97. The molecule has 0 aliphatic carbocycles. The van der Waals surface area contributed by atoms with Crippen molar-refractivity contribution in [2.75, 3.05) is 11.8 Å². The highest BCUT2D eigenvalue weighted by Crippen LogP contribution is 2.40. The first kappa shape index (κ1) is 41.8. The summed E-state index contributed by atoms with van der Waals surface area (Å²) in [6.45, 7) is 11.8. The third-order valence-corrected chi connectivity index (χ3v) is 14.1. The van der Waals surface area contributed by atoms with Crippen LogP contribution < -0.4 is 10.0 Å². The molecule has 8 rings (SSSR count). The predicted molar refractivity (Wildman–Crippen MR) is 241 cm³/mol. The monoisotopic (exact) mass is 864 g/mol. The Bertz CT molecular complexity index is 3100. The van der Waals surface area contributed by atoms with Gasteiger partial charge in [-0.3, -0.25) is 23.9 Å². The van der Waals surface area contributed by atoms with Gasteiger partial charge < -0.3 is 15.0 Å². The van der Waals surface area contributed by atoms with Gasteiger partial charge in [0.15, 0.2) is 5.82 Å². The summed E-state index contributed by atoms with van der Waals surface area (Å²) in [6.07, 6.45) is 2.30. The Hall–Kier alpha value is -6.89. The van der Waals surface area contributed by atoms with Crippen LogP contribution in [0.15, 0.2) is 94.9 Å². The van der Waals surface area contributed by atoms with Crippen molar-refractivity contribution in [3.05, 3.63) is 146 Å². The Morgan fingerprint density at radius 1 is 0.968 bits per heavy atom. The van der Waals surface area contributed by atoms with E-state index in [-0.39, 0.29) is 23.2 Å². The van der Waals surface area contributed by atoms with Crippen molar-refractivity contribution < 1.29 is 22.7 Å². The predicted octanol–water partition coefficient (Wildman–Crippen LogP) is 8.89. The van der Waals surface area contributed by atoms with E-state index in [1.165, 1.54) is 19.2 Å². The third-order valence-electron chi connectivity index (χ3n) is 11.5. The number of methoxy groups -OCH3 is 1. The van der Waals surface area contributed by atoms with Gasteiger partial charge in [0.2, 0.25) is 0 Å². The van der Waals surface area contributed by atoms with Crippen LogP contribution in [-0.2, 0) is 26.0 Å². The maximum atomic E-state index is 13.6. The van der Waals surface area contributed by atoms with Crippen molar-refractivity contribution in [2.24, 2.45) is 4.99 Å². The Morgan fingerprint density at radius 3 is 2.35 bits per heavy atom. The van der Waals surface area contributed by atoms with Crippen LogP contribution in [0.25, 0.3) is 27.0 Å². The number of hydrogen-bond acceptors (Lipinski definition) is 10. The van der Waals surface area contributed by atoms with Crippen molar-refractivity contribution >= 4 is 55.5 Å². The number of nitriles is 1. The highest BCUT2D eigenvalue weighted by atomic mass is 32.2. The van der Waals surface area contributed by atoms with E-state index < -0.39 is 22.1 Å². The summed E-state index contributed by atoms with van der Waals surface area (Å²) in [6, 6.07) is 24.9. The summed E-state index contributed by atoms with van der Waals surface area (Å²) in [5.41, 5.74) is 9.98. The summed E-state index contributed by atoms with van der Waals surface area (Å²) >= 11 is 1.65. The zero-order valence-corrected chi connectivity index (χ0v) is 36.9. The van der Waals surface area contributed by atoms with E-state index in [1.807, 2.05) is 80.8 Å². The normalized spacial score (nSPS) is 14.0. The summed E-state index contributed by atoms with van der Waals surface area (Å²) in [7, 11) is -2.60. The molecular formula is C47H44N8O5S2. The van der Waals surface area contributed by atoms with E-state index in [4.69, 9.17) is 9.73 Å². The van der Waals surface area contributed by atoms with Crippen LogP contribution in [0.3, 0.4) is 0 Å². The van der Waals surface area contributed by atoms with Gasteiger partial charge in [0, 0.05) is 33.2 Å². The number of H-pyrrole nitrogens is 1. The second-order valence-electron chi connectivity index (χ2n) is 15.3. The fourth-order valence-electron chi connectivity index (χ4n) is 7.97. The number of ether oxygens (including phenoxy) is 1. The lowest BCUT2D eigenvalue weighted by Gasteiger charge is -2.17. The van der Waals surface area contributed by atoms with Crippen molar-refractivity contribution in [1.82, 2.24) is 25.1 Å². The van der Waals surface area contributed by atoms with Gasteiger partial charge in [0.1, 0.15) is 22.9 Å². The number of hydrogen-bond donors (Lipinski definition) is 3. The topological polar surface area (TPSA) is 184 Å². The van der Waals surface area contributed by atoms with Crippen LogP contribution in [0.1, 0.15) is 98.2 Å². The van der Waals surface area contributed by atoms with Gasteiger partial charge in [-0.15, -0.1) is 21.5 Å². The van der Waals surface area contributed by atoms with Crippen LogP contribution >= 0.6 is 11.3 Å². The molecule has 62 heavy (non-hydrogen) atoms. The van der Waals surface area contributed by atoms with Crippen LogP contribution in [-0.4, -0.2) is 52.9 Å². The fourth-order valence-corrected chi connectivity index (χ4v) is 10.3. The largest absolute Gasteiger partial charge is 0.469 e. The molecule has 13 nitrogen and oxygen atoms in total. The first-order valence-electron chi connectivity index (χ1n) is 20.1. The minimum absolute atomic E-state index is 0.0230. The summed E-state index contributed by atoms with van der Waals surface area (Å²) < 4.78 is 36.6. The standard InChI is InChI=1S/C47H44N8O5S2/c1-8-30-16-20-38(44-42(30)35(23-48)24-49-44)54-62(58,59)36-17-13-31(14-18-36)27(4)50-46(57)37-19-15-34(21-25(37)2)32-9-11-33(12-10-32)43-41-26(3)28(5)61-47(41)55-29(6)52-53-45(55)39(51-43)22-40(56)60-7/h9-21,24,27,39,49,54H,8,22H2,1-7H3,(H,50,57)/t27-,39+/m1/s1. The van der Waals surface area contributed by atoms with Gasteiger partial charge in [-0.1, -0.05) is 61.5 Å². The molecule has 2 atom stereocenters. The number of aromatic nitrogens is 4. The van der Waals surface area contributed by atoms with E-state index >= 15 is 0 Å². The number of amides is 1.